The standard InChI is InChI=1S/C20H18O2/c1-14(20(21)22)19(16-8-3-2-4-9-16)18-12-11-15-7-5-6-10-17(15)13-18/h2-14,19H,1H3,(H,21,22)/t14-,19+/m0/s1. The van der Waals surface area contributed by atoms with E-state index in [-0.39, 0.29) is 5.92 Å². The van der Waals surface area contributed by atoms with Crippen molar-refractivity contribution in [2.24, 2.45) is 5.92 Å². The topological polar surface area (TPSA) is 37.3 Å². The summed E-state index contributed by atoms with van der Waals surface area (Å²) >= 11 is 0. The Morgan fingerprint density at radius 1 is 0.818 bits per heavy atom. The van der Waals surface area contributed by atoms with Crippen molar-refractivity contribution in [3.05, 3.63) is 83.9 Å². The molecule has 0 saturated heterocycles. The summed E-state index contributed by atoms with van der Waals surface area (Å²) in [6.45, 7) is 1.77. The third kappa shape index (κ3) is 2.73. The van der Waals surface area contributed by atoms with E-state index in [0.717, 1.165) is 16.5 Å². The van der Waals surface area contributed by atoms with Gasteiger partial charge < -0.3 is 5.11 Å². The maximum Gasteiger partial charge on any atom is 0.307 e. The van der Waals surface area contributed by atoms with Gasteiger partial charge in [-0.15, -0.1) is 0 Å². The van der Waals surface area contributed by atoms with Crippen molar-refractivity contribution in [1.29, 1.82) is 0 Å². The summed E-state index contributed by atoms with van der Waals surface area (Å²) in [6.07, 6.45) is 0. The van der Waals surface area contributed by atoms with Crippen LogP contribution in [-0.2, 0) is 4.79 Å². The molecule has 0 spiro atoms. The second kappa shape index (κ2) is 6.02. The van der Waals surface area contributed by atoms with E-state index in [9.17, 15) is 9.90 Å². The normalized spacial score (nSPS) is 13.7. The molecule has 2 heteroatoms. The molecule has 2 atom stereocenters. The lowest BCUT2D eigenvalue weighted by Gasteiger charge is -2.22. The molecule has 0 aromatic heterocycles. The first-order chi connectivity index (χ1) is 10.7. The van der Waals surface area contributed by atoms with Gasteiger partial charge in [-0.1, -0.05) is 79.7 Å². The minimum absolute atomic E-state index is 0.150. The molecule has 2 nitrogen and oxygen atoms in total. The van der Waals surface area contributed by atoms with Crippen LogP contribution in [0, 0.1) is 5.92 Å². The van der Waals surface area contributed by atoms with E-state index in [4.69, 9.17) is 0 Å². The summed E-state index contributed by atoms with van der Waals surface area (Å²) in [7, 11) is 0. The molecule has 0 bridgehead atoms. The summed E-state index contributed by atoms with van der Waals surface area (Å²) in [5.41, 5.74) is 2.08. The smallest absolute Gasteiger partial charge is 0.307 e. The highest BCUT2D eigenvalue weighted by Crippen LogP contribution is 2.33. The third-order valence-electron chi connectivity index (χ3n) is 4.18. The van der Waals surface area contributed by atoms with Crippen molar-refractivity contribution in [2.75, 3.05) is 0 Å². The molecule has 0 heterocycles. The quantitative estimate of drug-likeness (QED) is 0.756. The molecule has 22 heavy (non-hydrogen) atoms. The zero-order chi connectivity index (χ0) is 15.5. The zero-order valence-corrected chi connectivity index (χ0v) is 12.4. The summed E-state index contributed by atoms with van der Waals surface area (Å²) in [6, 6.07) is 24.2. The molecule has 0 aliphatic carbocycles. The van der Waals surface area contributed by atoms with Crippen LogP contribution in [0.2, 0.25) is 0 Å². The van der Waals surface area contributed by atoms with E-state index in [1.807, 2.05) is 48.5 Å². The highest BCUT2D eigenvalue weighted by atomic mass is 16.4. The Morgan fingerprint density at radius 3 is 2.14 bits per heavy atom. The minimum Gasteiger partial charge on any atom is -0.481 e. The van der Waals surface area contributed by atoms with E-state index in [1.165, 1.54) is 5.39 Å². The van der Waals surface area contributed by atoms with Crippen LogP contribution in [0.5, 0.6) is 0 Å². The average molecular weight is 290 g/mol. The van der Waals surface area contributed by atoms with Crippen molar-refractivity contribution in [2.45, 2.75) is 12.8 Å². The average Bonchev–Trinajstić information content (AvgIpc) is 2.56. The molecule has 0 aliphatic heterocycles. The molecule has 0 aliphatic rings. The first-order valence-corrected chi connectivity index (χ1v) is 7.43. The Bertz CT molecular complexity index is 793. The Labute approximate surface area is 130 Å². The maximum absolute atomic E-state index is 11.6. The Kier molecular flexibility index (Phi) is 3.92. The Balaban J connectivity index is 2.13. The number of carboxylic acids is 1. The van der Waals surface area contributed by atoms with Crippen LogP contribution in [0.25, 0.3) is 10.8 Å². The molecule has 3 rings (SSSR count). The van der Waals surface area contributed by atoms with Gasteiger partial charge in [0, 0.05) is 5.92 Å². The fourth-order valence-corrected chi connectivity index (χ4v) is 2.97. The fourth-order valence-electron chi connectivity index (χ4n) is 2.97. The van der Waals surface area contributed by atoms with Crippen molar-refractivity contribution >= 4 is 16.7 Å². The molecule has 0 unspecified atom stereocenters. The SMILES string of the molecule is C[C@H](C(=O)O)[C@H](c1ccccc1)c1ccc2ccccc2c1. The van der Waals surface area contributed by atoms with E-state index in [2.05, 4.69) is 24.3 Å². The largest absolute Gasteiger partial charge is 0.481 e. The van der Waals surface area contributed by atoms with Crippen LogP contribution in [-0.4, -0.2) is 11.1 Å². The molecule has 0 amide bonds. The number of benzene rings is 3. The van der Waals surface area contributed by atoms with E-state index in [1.54, 1.807) is 6.92 Å². The zero-order valence-electron chi connectivity index (χ0n) is 12.4. The molecule has 3 aromatic rings. The Hall–Kier alpha value is -2.61. The summed E-state index contributed by atoms with van der Waals surface area (Å²) in [5.74, 6) is -1.41. The Morgan fingerprint density at radius 2 is 1.45 bits per heavy atom. The number of rotatable bonds is 4. The summed E-state index contributed by atoms with van der Waals surface area (Å²) < 4.78 is 0. The summed E-state index contributed by atoms with van der Waals surface area (Å²) in [4.78, 5) is 11.6. The minimum atomic E-state index is -0.776. The van der Waals surface area contributed by atoms with Crippen molar-refractivity contribution < 1.29 is 9.90 Å². The molecule has 0 saturated carbocycles. The second-order valence-corrected chi connectivity index (χ2v) is 5.62. The van der Waals surface area contributed by atoms with Gasteiger partial charge in [0.2, 0.25) is 0 Å². The lowest BCUT2D eigenvalue weighted by atomic mass is 9.81. The van der Waals surface area contributed by atoms with Gasteiger partial charge >= 0.3 is 5.97 Å². The fraction of sp³-hybridized carbons (Fsp3) is 0.150. The molecule has 0 fully saturated rings. The van der Waals surface area contributed by atoms with Crippen LogP contribution in [0.3, 0.4) is 0 Å². The highest BCUT2D eigenvalue weighted by molar-refractivity contribution is 5.83. The van der Waals surface area contributed by atoms with Crippen LogP contribution >= 0.6 is 0 Å². The summed E-state index contributed by atoms with van der Waals surface area (Å²) in [5, 5.41) is 11.8. The van der Waals surface area contributed by atoms with Gasteiger partial charge in [0.1, 0.15) is 0 Å². The lowest BCUT2D eigenvalue weighted by Crippen LogP contribution is -2.20. The predicted molar refractivity (Wildman–Crippen MR) is 89.0 cm³/mol. The van der Waals surface area contributed by atoms with Crippen LogP contribution in [0.1, 0.15) is 24.0 Å². The number of carboxylic acid groups (broad SMARTS) is 1. The van der Waals surface area contributed by atoms with E-state index < -0.39 is 11.9 Å². The van der Waals surface area contributed by atoms with Gasteiger partial charge in [-0.3, -0.25) is 4.79 Å². The van der Waals surface area contributed by atoms with Gasteiger partial charge in [0.25, 0.3) is 0 Å². The van der Waals surface area contributed by atoms with E-state index in [0.29, 0.717) is 0 Å². The first-order valence-electron chi connectivity index (χ1n) is 7.43. The second-order valence-electron chi connectivity index (χ2n) is 5.62. The van der Waals surface area contributed by atoms with Gasteiger partial charge in [0.15, 0.2) is 0 Å². The van der Waals surface area contributed by atoms with Crippen molar-refractivity contribution in [3.8, 4) is 0 Å². The number of carbonyl (C=O) groups is 1. The number of fused-ring (bicyclic) bond motifs is 1. The number of hydrogen-bond acceptors (Lipinski definition) is 1. The molecule has 110 valence electrons. The van der Waals surface area contributed by atoms with Crippen LogP contribution in [0.4, 0.5) is 0 Å². The number of hydrogen-bond donors (Lipinski definition) is 1. The first kappa shape index (κ1) is 14.3. The van der Waals surface area contributed by atoms with Crippen molar-refractivity contribution in [1.82, 2.24) is 0 Å². The lowest BCUT2D eigenvalue weighted by molar-refractivity contribution is -0.141. The number of aliphatic carboxylic acids is 1. The van der Waals surface area contributed by atoms with Gasteiger partial charge in [-0.05, 0) is 21.9 Å². The van der Waals surface area contributed by atoms with Gasteiger partial charge in [-0.25, -0.2) is 0 Å². The predicted octanol–water partition coefficient (Wildman–Crippen LogP) is 4.69. The van der Waals surface area contributed by atoms with Crippen LogP contribution in [0.15, 0.2) is 72.8 Å². The molecule has 3 aromatic carbocycles. The highest BCUT2D eigenvalue weighted by Gasteiger charge is 2.26. The van der Waals surface area contributed by atoms with Crippen molar-refractivity contribution in [3.63, 3.8) is 0 Å². The monoisotopic (exact) mass is 290 g/mol. The molecule has 1 N–H and O–H groups in total. The van der Waals surface area contributed by atoms with Gasteiger partial charge in [0.05, 0.1) is 5.92 Å². The van der Waals surface area contributed by atoms with Gasteiger partial charge in [-0.2, -0.15) is 0 Å². The van der Waals surface area contributed by atoms with E-state index >= 15 is 0 Å². The molecular weight excluding hydrogens is 272 g/mol. The maximum atomic E-state index is 11.6. The molecular formula is C20H18O2. The van der Waals surface area contributed by atoms with Crippen LogP contribution < -0.4 is 0 Å². The molecule has 0 radical (unpaired) electrons. The third-order valence-corrected chi connectivity index (χ3v) is 4.18.